The van der Waals surface area contributed by atoms with E-state index in [1.807, 2.05) is 6.92 Å². The molecule has 0 aromatic carbocycles. The maximum atomic E-state index is 12.1. The van der Waals surface area contributed by atoms with Crippen molar-refractivity contribution in [2.24, 2.45) is 5.73 Å². The van der Waals surface area contributed by atoms with Gasteiger partial charge in [-0.1, -0.05) is 11.8 Å². The van der Waals surface area contributed by atoms with Gasteiger partial charge >= 0.3 is 0 Å². The number of aromatic amines is 1. The predicted molar refractivity (Wildman–Crippen MR) is 74.6 cm³/mol. The van der Waals surface area contributed by atoms with Crippen LogP contribution >= 0.6 is 0 Å². The summed E-state index contributed by atoms with van der Waals surface area (Å²) in [5, 5.41) is 2.84. The number of carbonyl (C=O) groups is 1. The Hall–Kier alpha value is -2.65. The van der Waals surface area contributed by atoms with Crippen LogP contribution in [0.2, 0.25) is 0 Å². The Bertz CT molecular complexity index is 639. The molecule has 1 atom stereocenters. The lowest BCUT2D eigenvalue weighted by molar-refractivity contribution is 0.0938. The van der Waals surface area contributed by atoms with Crippen molar-refractivity contribution in [2.45, 2.75) is 13.0 Å². The van der Waals surface area contributed by atoms with Crippen molar-refractivity contribution in [3.05, 3.63) is 47.8 Å². The predicted octanol–water partition coefficient (Wildman–Crippen LogP) is 0.606. The summed E-state index contributed by atoms with van der Waals surface area (Å²) in [6.07, 6.45) is 6.44. The first kappa shape index (κ1) is 13.8. The normalized spacial score (nSPS) is 11.3. The highest BCUT2D eigenvalue weighted by atomic mass is 16.1. The van der Waals surface area contributed by atoms with E-state index in [4.69, 9.17) is 5.73 Å². The maximum absolute atomic E-state index is 12.1. The number of amides is 1. The van der Waals surface area contributed by atoms with Crippen LogP contribution in [0.4, 0.5) is 0 Å². The summed E-state index contributed by atoms with van der Waals surface area (Å²) >= 11 is 0. The van der Waals surface area contributed by atoms with Crippen LogP contribution in [0.1, 0.15) is 34.7 Å². The van der Waals surface area contributed by atoms with Crippen LogP contribution < -0.4 is 11.1 Å². The highest BCUT2D eigenvalue weighted by Gasteiger charge is 2.13. The van der Waals surface area contributed by atoms with Gasteiger partial charge in [0.2, 0.25) is 0 Å². The van der Waals surface area contributed by atoms with Gasteiger partial charge in [-0.05, 0) is 13.0 Å². The Morgan fingerprint density at radius 2 is 2.40 bits per heavy atom. The topological polar surface area (TPSA) is 96.7 Å². The second-order valence-corrected chi connectivity index (χ2v) is 4.14. The number of aromatic nitrogens is 3. The van der Waals surface area contributed by atoms with Crippen molar-refractivity contribution in [2.75, 3.05) is 6.54 Å². The first-order chi connectivity index (χ1) is 9.70. The van der Waals surface area contributed by atoms with Crippen LogP contribution in [0.5, 0.6) is 0 Å². The van der Waals surface area contributed by atoms with Crippen molar-refractivity contribution < 1.29 is 4.79 Å². The molecule has 102 valence electrons. The van der Waals surface area contributed by atoms with Gasteiger partial charge in [-0.3, -0.25) is 9.78 Å². The van der Waals surface area contributed by atoms with Crippen LogP contribution in [-0.4, -0.2) is 27.4 Å². The number of rotatable bonds is 3. The molecular formula is C14H15N5O. The molecule has 20 heavy (non-hydrogen) atoms. The zero-order valence-electron chi connectivity index (χ0n) is 11.1. The molecule has 0 aliphatic heterocycles. The van der Waals surface area contributed by atoms with Gasteiger partial charge in [-0.15, -0.1) is 0 Å². The Morgan fingerprint density at radius 3 is 3.10 bits per heavy atom. The van der Waals surface area contributed by atoms with Gasteiger partial charge in [0.25, 0.3) is 5.91 Å². The molecule has 0 bridgehead atoms. The zero-order chi connectivity index (χ0) is 14.4. The summed E-state index contributed by atoms with van der Waals surface area (Å²) in [6, 6.07) is 1.47. The molecule has 0 spiro atoms. The molecule has 0 radical (unpaired) electrons. The molecule has 1 unspecified atom stereocenters. The number of hydrogen-bond acceptors (Lipinski definition) is 4. The summed E-state index contributed by atoms with van der Waals surface area (Å²) < 4.78 is 0. The van der Waals surface area contributed by atoms with E-state index in [1.165, 1.54) is 6.20 Å². The van der Waals surface area contributed by atoms with Crippen LogP contribution in [-0.2, 0) is 0 Å². The van der Waals surface area contributed by atoms with E-state index < -0.39 is 0 Å². The second-order valence-electron chi connectivity index (χ2n) is 4.14. The lowest BCUT2D eigenvalue weighted by atomic mass is 10.2. The van der Waals surface area contributed by atoms with E-state index in [-0.39, 0.29) is 18.5 Å². The van der Waals surface area contributed by atoms with Crippen molar-refractivity contribution in [3.8, 4) is 11.8 Å². The van der Waals surface area contributed by atoms with E-state index in [1.54, 1.807) is 24.7 Å². The fourth-order valence-electron chi connectivity index (χ4n) is 1.65. The largest absolute Gasteiger partial charge is 0.347 e. The van der Waals surface area contributed by atoms with Crippen LogP contribution in [0.3, 0.4) is 0 Å². The number of nitrogens with one attached hydrogen (secondary N) is 2. The van der Waals surface area contributed by atoms with E-state index >= 15 is 0 Å². The molecule has 0 saturated carbocycles. The first-order valence-electron chi connectivity index (χ1n) is 6.15. The molecule has 2 rings (SSSR count). The molecule has 0 aliphatic rings. The molecular weight excluding hydrogens is 254 g/mol. The number of nitrogens with two attached hydrogens (primary N) is 1. The average Bonchev–Trinajstić information content (AvgIpc) is 2.99. The number of carbonyl (C=O) groups excluding carboxylic acids is 1. The fraction of sp³-hybridized carbons (Fsp3) is 0.214. The maximum Gasteiger partial charge on any atom is 0.253 e. The quantitative estimate of drug-likeness (QED) is 0.711. The molecule has 4 N–H and O–H groups in total. The molecule has 2 heterocycles. The third-order valence-electron chi connectivity index (χ3n) is 2.61. The lowest BCUT2D eigenvalue weighted by Crippen LogP contribution is -2.27. The summed E-state index contributed by atoms with van der Waals surface area (Å²) in [5.74, 6) is 6.04. The first-order valence-corrected chi connectivity index (χ1v) is 6.15. The summed E-state index contributed by atoms with van der Waals surface area (Å²) in [7, 11) is 0. The Morgan fingerprint density at radius 1 is 1.55 bits per heavy atom. The molecule has 0 aliphatic carbocycles. The summed E-state index contributed by atoms with van der Waals surface area (Å²) in [5.41, 5.74) is 6.42. The van der Waals surface area contributed by atoms with E-state index in [0.29, 0.717) is 17.0 Å². The molecule has 2 aromatic rings. The minimum Gasteiger partial charge on any atom is -0.347 e. The van der Waals surface area contributed by atoms with Crippen molar-refractivity contribution >= 4 is 5.91 Å². The highest BCUT2D eigenvalue weighted by Crippen LogP contribution is 2.08. The highest BCUT2D eigenvalue weighted by molar-refractivity contribution is 5.94. The third-order valence-corrected chi connectivity index (χ3v) is 2.61. The van der Waals surface area contributed by atoms with Crippen LogP contribution in [0.15, 0.2) is 30.9 Å². The molecule has 0 saturated heterocycles. The van der Waals surface area contributed by atoms with Crippen molar-refractivity contribution in [3.63, 3.8) is 0 Å². The van der Waals surface area contributed by atoms with Crippen molar-refractivity contribution in [1.29, 1.82) is 0 Å². The van der Waals surface area contributed by atoms with Gasteiger partial charge < -0.3 is 16.0 Å². The summed E-state index contributed by atoms with van der Waals surface area (Å²) in [4.78, 5) is 23.2. The van der Waals surface area contributed by atoms with E-state index in [0.717, 1.165) is 0 Å². The van der Waals surface area contributed by atoms with Gasteiger partial charge in [0, 0.05) is 30.4 Å². The third kappa shape index (κ3) is 3.43. The van der Waals surface area contributed by atoms with Gasteiger partial charge in [0.05, 0.1) is 18.2 Å². The molecule has 1 amide bonds. The van der Waals surface area contributed by atoms with E-state index in [9.17, 15) is 4.79 Å². The second kappa shape index (κ2) is 6.50. The number of imidazole rings is 1. The minimum absolute atomic E-state index is 0.212. The van der Waals surface area contributed by atoms with Crippen LogP contribution in [0, 0.1) is 11.8 Å². The minimum atomic E-state index is -0.224. The monoisotopic (exact) mass is 269 g/mol. The molecule has 2 aromatic heterocycles. The Kier molecular flexibility index (Phi) is 4.47. The SMILES string of the molecule is CC(NC(=O)c1cncc(C#CCN)c1)c1ncc[nH]1. The molecule has 6 nitrogen and oxygen atoms in total. The molecule has 6 heteroatoms. The Labute approximate surface area is 116 Å². The van der Waals surface area contributed by atoms with Gasteiger partial charge in [-0.25, -0.2) is 4.98 Å². The van der Waals surface area contributed by atoms with Crippen molar-refractivity contribution in [1.82, 2.24) is 20.3 Å². The fourth-order valence-corrected chi connectivity index (χ4v) is 1.65. The van der Waals surface area contributed by atoms with E-state index in [2.05, 4.69) is 32.1 Å². The summed E-state index contributed by atoms with van der Waals surface area (Å²) in [6.45, 7) is 2.12. The smallest absolute Gasteiger partial charge is 0.253 e. The Balaban J connectivity index is 2.09. The molecule has 0 fully saturated rings. The number of H-pyrrole nitrogens is 1. The lowest BCUT2D eigenvalue weighted by Gasteiger charge is -2.11. The number of hydrogen-bond donors (Lipinski definition) is 3. The van der Waals surface area contributed by atoms with Gasteiger partial charge in [0.15, 0.2) is 0 Å². The van der Waals surface area contributed by atoms with Crippen LogP contribution in [0.25, 0.3) is 0 Å². The number of pyridine rings is 1. The zero-order valence-corrected chi connectivity index (χ0v) is 11.1. The van der Waals surface area contributed by atoms with Gasteiger partial charge in [-0.2, -0.15) is 0 Å². The average molecular weight is 269 g/mol. The standard InChI is InChI=1S/C14H15N5O/c1-10(13-17-5-6-18-13)19-14(20)12-7-11(3-2-4-15)8-16-9-12/h5-10H,4,15H2,1H3,(H,17,18)(H,19,20). The number of nitrogens with zero attached hydrogens (tertiary/aromatic N) is 2. The van der Waals surface area contributed by atoms with Gasteiger partial charge in [0.1, 0.15) is 5.82 Å².